The Bertz CT molecular complexity index is 1740. The highest BCUT2D eigenvalue weighted by Gasteiger charge is 2.15. The van der Waals surface area contributed by atoms with E-state index in [4.69, 9.17) is 4.74 Å². The third-order valence-corrected chi connectivity index (χ3v) is 7.99. The van der Waals surface area contributed by atoms with Crippen LogP contribution in [0.25, 0.3) is 21.2 Å². The Morgan fingerprint density at radius 2 is 1.90 bits per heavy atom. The molecule has 7 nitrogen and oxygen atoms in total. The van der Waals surface area contributed by atoms with Gasteiger partial charge in [-0.15, -0.1) is 22.4 Å². The molecule has 3 aromatic carbocycles. The molecule has 4 aromatic rings. The molecule has 0 bridgehead atoms. The van der Waals surface area contributed by atoms with Crippen LogP contribution in [0.1, 0.15) is 36.0 Å². The number of hydrogen-bond donors (Lipinski definition) is 1. The van der Waals surface area contributed by atoms with Crippen molar-refractivity contribution in [3.8, 4) is 28.7 Å². The zero-order valence-corrected chi connectivity index (χ0v) is 23.6. The summed E-state index contributed by atoms with van der Waals surface area (Å²) in [5, 5.41) is 15.0. The molecule has 2 heterocycles. The first-order chi connectivity index (χ1) is 18.8. The number of aryl methyl sites for hydroxylation is 1. The maximum Gasteiger partial charge on any atom is 0.229 e. The highest BCUT2D eigenvalue weighted by Crippen LogP contribution is 2.37. The molecule has 39 heavy (non-hydrogen) atoms. The summed E-state index contributed by atoms with van der Waals surface area (Å²) in [6, 6.07) is 20.0. The molecule has 5 rings (SSSR count). The van der Waals surface area contributed by atoms with Gasteiger partial charge in [0.05, 0.1) is 17.9 Å². The van der Waals surface area contributed by atoms with Crippen molar-refractivity contribution in [2.75, 3.05) is 17.5 Å². The Balaban J connectivity index is 1.32. The second-order valence-electron chi connectivity index (χ2n) is 9.45. The summed E-state index contributed by atoms with van der Waals surface area (Å²) in [5.74, 6) is 7.11. The summed E-state index contributed by atoms with van der Waals surface area (Å²) in [5.41, 5.74) is 6.80. The molecule has 9 heteroatoms. The predicted octanol–water partition coefficient (Wildman–Crippen LogP) is 7.15. The molecular formula is C30H28N4O3S2. The quantitative estimate of drug-likeness (QED) is 0.222. The normalized spacial score (nSPS) is 13.6. The first kappa shape index (κ1) is 26.6. The number of ether oxygens (including phenoxy) is 1. The van der Waals surface area contributed by atoms with Gasteiger partial charge in [0.15, 0.2) is 0 Å². The van der Waals surface area contributed by atoms with E-state index in [9.17, 15) is 8.42 Å². The van der Waals surface area contributed by atoms with Crippen LogP contribution in [0.15, 0.2) is 81.5 Å². The van der Waals surface area contributed by atoms with Gasteiger partial charge in [-0.25, -0.2) is 8.42 Å². The molecule has 0 aliphatic carbocycles. The highest BCUT2D eigenvalue weighted by atomic mass is 32.2. The van der Waals surface area contributed by atoms with Crippen molar-refractivity contribution >= 4 is 42.8 Å². The van der Waals surface area contributed by atoms with Crippen LogP contribution in [-0.4, -0.2) is 26.9 Å². The Kier molecular flexibility index (Phi) is 7.77. The molecule has 0 saturated carbocycles. The second-order valence-corrected chi connectivity index (χ2v) is 12.1. The van der Waals surface area contributed by atoms with Crippen LogP contribution in [0.2, 0.25) is 0 Å². The molecule has 198 valence electrons. The molecule has 0 radical (unpaired) electrons. The number of thiophene rings is 1. The molecule has 1 aromatic heterocycles. The zero-order chi connectivity index (χ0) is 27.4. The third kappa shape index (κ3) is 6.53. The maximum absolute atomic E-state index is 11.7. The standard InChI is InChI=1S/C30H28N4O3S2/c1-4-5-23(15-25-17-31-34-32-25)22-8-11-26(12-9-22)37-18-21-7-13-30-28(14-21)29(19-38-30)27-16-24(10-6-20(27)2)33-39(3,35)36/h6-14,16,19,23,33H,15,17-18H2,1-3H3/t23-/m0/s1. The highest BCUT2D eigenvalue weighted by molar-refractivity contribution is 7.92. The van der Waals surface area contributed by atoms with Gasteiger partial charge in [0.2, 0.25) is 10.0 Å². The smallest absolute Gasteiger partial charge is 0.229 e. The van der Waals surface area contributed by atoms with Crippen LogP contribution >= 0.6 is 11.3 Å². The fraction of sp³-hybridized carbons (Fsp3) is 0.233. The molecule has 0 unspecified atom stereocenters. The van der Waals surface area contributed by atoms with Gasteiger partial charge in [0.1, 0.15) is 18.9 Å². The second kappa shape index (κ2) is 11.4. The Labute approximate surface area is 232 Å². The lowest BCUT2D eigenvalue weighted by Gasteiger charge is -2.12. The van der Waals surface area contributed by atoms with Crippen molar-refractivity contribution in [2.24, 2.45) is 15.4 Å². The van der Waals surface area contributed by atoms with Gasteiger partial charge in [-0.3, -0.25) is 4.72 Å². The number of nitrogens with one attached hydrogen (secondary N) is 1. The van der Waals surface area contributed by atoms with Crippen LogP contribution < -0.4 is 9.46 Å². The molecule has 1 aliphatic heterocycles. The Morgan fingerprint density at radius 3 is 2.62 bits per heavy atom. The largest absolute Gasteiger partial charge is 0.489 e. The van der Waals surface area contributed by atoms with Crippen molar-refractivity contribution in [1.29, 1.82) is 0 Å². The minimum absolute atomic E-state index is 0.0420. The van der Waals surface area contributed by atoms with E-state index in [1.54, 1.807) is 17.4 Å². The lowest BCUT2D eigenvalue weighted by Crippen LogP contribution is -2.09. The number of nitrogens with zero attached hydrogens (tertiary/aromatic N) is 3. The minimum atomic E-state index is -3.36. The lowest BCUT2D eigenvalue weighted by molar-refractivity contribution is 0.306. The fourth-order valence-electron chi connectivity index (χ4n) is 4.53. The summed E-state index contributed by atoms with van der Waals surface area (Å²) in [7, 11) is -3.36. The van der Waals surface area contributed by atoms with E-state index >= 15 is 0 Å². The van der Waals surface area contributed by atoms with Gasteiger partial charge in [-0.05, 0) is 83.1 Å². The Hall–Kier alpha value is -4.00. The van der Waals surface area contributed by atoms with Crippen molar-refractivity contribution in [3.05, 3.63) is 82.7 Å². The van der Waals surface area contributed by atoms with Crippen LogP contribution in [0, 0.1) is 18.8 Å². The molecule has 1 aliphatic rings. The van der Waals surface area contributed by atoms with Gasteiger partial charge in [-0.1, -0.05) is 30.2 Å². The monoisotopic (exact) mass is 556 g/mol. The van der Waals surface area contributed by atoms with E-state index in [0.29, 0.717) is 25.3 Å². The number of anilines is 1. The molecule has 0 fully saturated rings. The first-order valence-corrected chi connectivity index (χ1v) is 15.2. The summed E-state index contributed by atoms with van der Waals surface area (Å²) >= 11 is 1.67. The Morgan fingerprint density at radius 1 is 1.08 bits per heavy atom. The van der Waals surface area contributed by atoms with Gasteiger partial charge in [-0.2, -0.15) is 5.11 Å². The van der Waals surface area contributed by atoms with Crippen LogP contribution in [-0.2, 0) is 16.6 Å². The van der Waals surface area contributed by atoms with Crippen LogP contribution in [0.4, 0.5) is 5.69 Å². The summed E-state index contributed by atoms with van der Waals surface area (Å²) in [4.78, 5) is 0. The van der Waals surface area contributed by atoms with Crippen molar-refractivity contribution in [3.63, 3.8) is 0 Å². The van der Waals surface area contributed by atoms with E-state index in [2.05, 4.69) is 67.7 Å². The average molecular weight is 557 g/mol. The van der Waals surface area contributed by atoms with E-state index in [0.717, 1.165) is 55.6 Å². The van der Waals surface area contributed by atoms with E-state index in [1.165, 1.54) is 0 Å². The number of sulfonamides is 1. The van der Waals surface area contributed by atoms with Gasteiger partial charge in [0, 0.05) is 27.8 Å². The first-order valence-electron chi connectivity index (χ1n) is 12.5. The summed E-state index contributed by atoms with van der Waals surface area (Å²) in [6.45, 7) is 4.84. The van der Waals surface area contributed by atoms with Gasteiger partial charge in [0.25, 0.3) is 0 Å². The fourth-order valence-corrected chi connectivity index (χ4v) is 6.03. The summed E-state index contributed by atoms with van der Waals surface area (Å²) < 4.78 is 33.3. The average Bonchev–Trinajstić information content (AvgIpc) is 3.58. The minimum Gasteiger partial charge on any atom is -0.489 e. The topological polar surface area (TPSA) is 92.5 Å². The van der Waals surface area contributed by atoms with Gasteiger partial charge >= 0.3 is 0 Å². The lowest BCUT2D eigenvalue weighted by atomic mass is 9.94. The van der Waals surface area contributed by atoms with Crippen molar-refractivity contribution < 1.29 is 13.2 Å². The number of fused-ring (bicyclic) bond motifs is 1. The van der Waals surface area contributed by atoms with Crippen molar-refractivity contribution in [1.82, 2.24) is 0 Å². The molecular weight excluding hydrogens is 528 g/mol. The number of hydrogen-bond acceptors (Lipinski definition) is 7. The van der Waals surface area contributed by atoms with E-state index < -0.39 is 10.0 Å². The van der Waals surface area contributed by atoms with Gasteiger partial charge < -0.3 is 4.74 Å². The van der Waals surface area contributed by atoms with E-state index in [-0.39, 0.29) is 5.92 Å². The van der Waals surface area contributed by atoms with Crippen molar-refractivity contribution in [2.45, 2.75) is 32.8 Å². The molecule has 1 N–H and O–H groups in total. The van der Waals surface area contributed by atoms with Crippen LogP contribution in [0.3, 0.4) is 0 Å². The molecule has 0 saturated heterocycles. The molecule has 0 amide bonds. The number of benzene rings is 3. The number of rotatable bonds is 9. The zero-order valence-electron chi connectivity index (χ0n) is 21.9. The predicted molar refractivity (Wildman–Crippen MR) is 159 cm³/mol. The molecule has 0 spiro atoms. The van der Waals surface area contributed by atoms with E-state index in [1.807, 2.05) is 38.1 Å². The summed E-state index contributed by atoms with van der Waals surface area (Å²) in [6.07, 6.45) is 1.87. The third-order valence-electron chi connectivity index (χ3n) is 6.42. The maximum atomic E-state index is 11.7. The SMILES string of the molecule is CC#C[C@@H](CC1=NN=NC1)c1ccc(OCc2ccc3scc(-c4cc(NS(C)(=O)=O)ccc4C)c3c2)cc1. The van der Waals surface area contributed by atoms with Crippen LogP contribution in [0.5, 0.6) is 5.75 Å². The molecule has 1 atom stereocenters.